The quantitative estimate of drug-likeness (QED) is 0.738. The van der Waals surface area contributed by atoms with Gasteiger partial charge in [0, 0.05) is 6.54 Å². The molecular formula is C13H15N3O4. The molecule has 1 aromatic carbocycles. The van der Waals surface area contributed by atoms with E-state index in [0.717, 1.165) is 6.42 Å². The lowest BCUT2D eigenvalue weighted by Crippen LogP contribution is -2.30. The third-order valence-electron chi connectivity index (χ3n) is 2.61. The molecule has 2 rings (SSSR count). The van der Waals surface area contributed by atoms with Crippen LogP contribution in [-0.4, -0.2) is 35.1 Å². The molecule has 0 aliphatic heterocycles. The number of aromatic nitrogens is 1. The Hall–Kier alpha value is -2.57. The van der Waals surface area contributed by atoms with Gasteiger partial charge in [0.05, 0.1) is 12.1 Å². The van der Waals surface area contributed by atoms with Gasteiger partial charge in [0.15, 0.2) is 5.58 Å². The summed E-state index contributed by atoms with van der Waals surface area (Å²) in [5.41, 5.74) is 1.02. The van der Waals surface area contributed by atoms with E-state index in [-0.39, 0.29) is 24.0 Å². The van der Waals surface area contributed by atoms with Gasteiger partial charge in [-0.05, 0) is 24.6 Å². The smallest absolute Gasteiger partial charge is 0.335 e. The number of anilines is 1. The van der Waals surface area contributed by atoms with E-state index >= 15 is 0 Å². The van der Waals surface area contributed by atoms with Crippen LogP contribution in [0.1, 0.15) is 23.7 Å². The Bertz CT molecular complexity index is 636. The number of hydrogen-bond acceptors (Lipinski definition) is 5. The summed E-state index contributed by atoms with van der Waals surface area (Å²) in [5.74, 6) is -1.18. The van der Waals surface area contributed by atoms with Gasteiger partial charge in [0.1, 0.15) is 5.52 Å². The van der Waals surface area contributed by atoms with Crippen LogP contribution >= 0.6 is 0 Å². The van der Waals surface area contributed by atoms with Crippen molar-refractivity contribution >= 4 is 29.0 Å². The number of nitrogens with zero attached hydrogens (tertiary/aromatic N) is 1. The molecule has 0 saturated carbocycles. The lowest BCUT2D eigenvalue weighted by atomic mass is 10.2. The molecule has 0 saturated heterocycles. The topological polar surface area (TPSA) is 104 Å². The molecular weight excluding hydrogens is 262 g/mol. The molecule has 3 N–H and O–H groups in total. The Balaban J connectivity index is 2.04. The van der Waals surface area contributed by atoms with Crippen LogP contribution in [-0.2, 0) is 4.79 Å². The summed E-state index contributed by atoms with van der Waals surface area (Å²) in [6.45, 7) is 2.64. The van der Waals surface area contributed by atoms with Crippen molar-refractivity contribution in [3.8, 4) is 0 Å². The van der Waals surface area contributed by atoms with Gasteiger partial charge in [-0.15, -0.1) is 0 Å². The molecule has 1 aromatic heterocycles. The number of carboxylic acids is 1. The summed E-state index contributed by atoms with van der Waals surface area (Å²) in [6, 6.07) is 4.59. The van der Waals surface area contributed by atoms with Crippen LogP contribution in [0.15, 0.2) is 22.6 Å². The fourth-order valence-corrected chi connectivity index (χ4v) is 1.62. The zero-order chi connectivity index (χ0) is 14.5. The fraction of sp³-hybridized carbons (Fsp3) is 0.308. The highest BCUT2D eigenvalue weighted by Crippen LogP contribution is 2.20. The van der Waals surface area contributed by atoms with Crippen molar-refractivity contribution < 1.29 is 19.1 Å². The predicted octanol–water partition coefficient (Wildman–Crippen LogP) is 1.46. The molecule has 7 heteroatoms. The average molecular weight is 277 g/mol. The average Bonchev–Trinajstić information content (AvgIpc) is 2.84. The summed E-state index contributed by atoms with van der Waals surface area (Å²) < 4.78 is 5.35. The highest BCUT2D eigenvalue weighted by Gasteiger charge is 2.10. The van der Waals surface area contributed by atoms with Crippen molar-refractivity contribution in [3.05, 3.63) is 23.8 Å². The van der Waals surface area contributed by atoms with Crippen molar-refractivity contribution in [2.45, 2.75) is 13.3 Å². The van der Waals surface area contributed by atoms with Crippen LogP contribution in [0.3, 0.4) is 0 Å². The lowest BCUT2D eigenvalue weighted by molar-refractivity contribution is -0.119. The van der Waals surface area contributed by atoms with E-state index in [0.29, 0.717) is 17.6 Å². The maximum atomic E-state index is 11.4. The second-order valence-corrected chi connectivity index (χ2v) is 4.21. The number of rotatable bonds is 6. The van der Waals surface area contributed by atoms with Gasteiger partial charge in [0.2, 0.25) is 5.91 Å². The van der Waals surface area contributed by atoms with E-state index in [4.69, 9.17) is 9.52 Å². The SMILES string of the molecule is CCCNC(=O)CNc1nc2ccc(C(=O)O)cc2o1. The third-order valence-corrected chi connectivity index (χ3v) is 2.61. The molecule has 0 bridgehead atoms. The van der Waals surface area contributed by atoms with Gasteiger partial charge in [-0.1, -0.05) is 6.92 Å². The number of carbonyl (C=O) groups is 2. The zero-order valence-corrected chi connectivity index (χ0v) is 11.0. The van der Waals surface area contributed by atoms with Crippen LogP contribution < -0.4 is 10.6 Å². The number of benzene rings is 1. The van der Waals surface area contributed by atoms with Crippen LogP contribution in [0, 0.1) is 0 Å². The molecule has 0 spiro atoms. The van der Waals surface area contributed by atoms with E-state index in [1.165, 1.54) is 12.1 Å². The molecule has 0 atom stereocenters. The summed E-state index contributed by atoms with van der Waals surface area (Å²) in [4.78, 5) is 26.4. The second-order valence-electron chi connectivity index (χ2n) is 4.21. The van der Waals surface area contributed by atoms with Gasteiger partial charge < -0.3 is 20.2 Å². The Morgan fingerprint density at radius 1 is 1.40 bits per heavy atom. The van der Waals surface area contributed by atoms with Crippen molar-refractivity contribution in [3.63, 3.8) is 0 Å². The van der Waals surface area contributed by atoms with Gasteiger partial charge in [-0.25, -0.2) is 4.79 Å². The second kappa shape index (κ2) is 6.05. The van der Waals surface area contributed by atoms with Crippen molar-refractivity contribution in [2.75, 3.05) is 18.4 Å². The third kappa shape index (κ3) is 3.25. The van der Waals surface area contributed by atoms with Gasteiger partial charge >= 0.3 is 5.97 Å². The Labute approximate surface area is 115 Å². The van der Waals surface area contributed by atoms with Crippen LogP contribution in [0.2, 0.25) is 0 Å². The Morgan fingerprint density at radius 2 is 2.20 bits per heavy atom. The standard InChI is InChI=1S/C13H15N3O4/c1-2-5-14-11(17)7-15-13-16-9-4-3-8(12(18)19)6-10(9)20-13/h3-4,6H,2,5,7H2,1H3,(H,14,17)(H,15,16)(H,18,19). The number of carbonyl (C=O) groups excluding carboxylic acids is 1. The molecule has 0 radical (unpaired) electrons. The molecule has 0 fully saturated rings. The van der Waals surface area contributed by atoms with E-state index < -0.39 is 5.97 Å². The maximum Gasteiger partial charge on any atom is 0.335 e. The first kappa shape index (κ1) is 13.9. The van der Waals surface area contributed by atoms with E-state index in [1.54, 1.807) is 6.07 Å². The number of aromatic carboxylic acids is 1. The number of carboxylic acid groups (broad SMARTS) is 1. The number of oxazole rings is 1. The molecule has 2 aromatic rings. The minimum Gasteiger partial charge on any atom is -0.478 e. The molecule has 1 amide bonds. The summed E-state index contributed by atoms with van der Waals surface area (Å²) in [7, 11) is 0. The number of nitrogens with one attached hydrogen (secondary N) is 2. The molecule has 0 aliphatic rings. The first-order valence-corrected chi connectivity index (χ1v) is 6.24. The molecule has 106 valence electrons. The molecule has 0 aliphatic carbocycles. The van der Waals surface area contributed by atoms with E-state index in [9.17, 15) is 9.59 Å². The van der Waals surface area contributed by atoms with Gasteiger partial charge in [-0.3, -0.25) is 4.79 Å². The van der Waals surface area contributed by atoms with E-state index in [1.807, 2.05) is 6.92 Å². The minimum atomic E-state index is -1.03. The summed E-state index contributed by atoms with van der Waals surface area (Å²) in [6.07, 6.45) is 0.868. The van der Waals surface area contributed by atoms with Gasteiger partial charge in [0.25, 0.3) is 6.01 Å². The van der Waals surface area contributed by atoms with E-state index in [2.05, 4.69) is 15.6 Å². The van der Waals surface area contributed by atoms with Crippen LogP contribution in [0.25, 0.3) is 11.1 Å². The zero-order valence-electron chi connectivity index (χ0n) is 11.0. The Kier molecular flexibility index (Phi) is 4.19. The Morgan fingerprint density at radius 3 is 2.90 bits per heavy atom. The first-order valence-electron chi connectivity index (χ1n) is 6.24. The fourth-order valence-electron chi connectivity index (χ4n) is 1.62. The number of fused-ring (bicyclic) bond motifs is 1. The van der Waals surface area contributed by atoms with Crippen LogP contribution in [0.4, 0.5) is 6.01 Å². The van der Waals surface area contributed by atoms with Gasteiger partial charge in [-0.2, -0.15) is 4.98 Å². The summed E-state index contributed by atoms with van der Waals surface area (Å²) in [5, 5.41) is 14.3. The minimum absolute atomic E-state index is 0.0542. The molecule has 20 heavy (non-hydrogen) atoms. The van der Waals surface area contributed by atoms with Crippen molar-refractivity contribution in [1.29, 1.82) is 0 Å². The number of hydrogen-bond donors (Lipinski definition) is 3. The highest BCUT2D eigenvalue weighted by molar-refractivity contribution is 5.92. The first-order chi connectivity index (χ1) is 9.60. The molecule has 1 heterocycles. The normalized spacial score (nSPS) is 10.4. The predicted molar refractivity (Wildman–Crippen MR) is 72.8 cm³/mol. The monoisotopic (exact) mass is 277 g/mol. The van der Waals surface area contributed by atoms with Crippen molar-refractivity contribution in [1.82, 2.24) is 10.3 Å². The lowest BCUT2D eigenvalue weighted by Gasteiger charge is -2.02. The summed E-state index contributed by atoms with van der Waals surface area (Å²) >= 11 is 0. The molecule has 7 nitrogen and oxygen atoms in total. The maximum absolute atomic E-state index is 11.4. The van der Waals surface area contributed by atoms with Crippen LogP contribution in [0.5, 0.6) is 0 Å². The largest absolute Gasteiger partial charge is 0.478 e. The number of amides is 1. The highest BCUT2D eigenvalue weighted by atomic mass is 16.4. The van der Waals surface area contributed by atoms with Crippen molar-refractivity contribution in [2.24, 2.45) is 0 Å². The molecule has 0 unspecified atom stereocenters.